The van der Waals surface area contributed by atoms with Crippen LogP contribution in [0.3, 0.4) is 0 Å². The second kappa shape index (κ2) is 9.19. The number of rotatable bonds is 4. The Morgan fingerprint density at radius 1 is 1.50 bits per heavy atom. The SMILES string of the molecule is CNCCCc1ccc(C)cc1Cl.NC=O. The summed E-state index contributed by atoms with van der Waals surface area (Å²) in [5.41, 5.74) is 6.64. The molecule has 0 unspecified atom stereocenters. The van der Waals surface area contributed by atoms with Gasteiger partial charge in [-0.1, -0.05) is 23.7 Å². The highest BCUT2D eigenvalue weighted by Gasteiger charge is 1.99. The predicted octanol–water partition coefficient (Wildman–Crippen LogP) is 1.90. The molecule has 4 heteroatoms. The van der Waals surface area contributed by atoms with E-state index in [4.69, 9.17) is 16.4 Å². The molecule has 0 fully saturated rings. The third kappa shape index (κ3) is 6.43. The fraction of sp³-hybridized carbons (Fsp3) is 0.417. The zero-order valence-corrected chi connectivity index (χ0v) is 10.6. The number of primary amides is 1. The van der Waals surface area contributed by atoms with Crippen molar-refractivity contribution in [1.29, 1.82) is 0 Å². The Hall–Kier alpha value is -1.06. The molecule has 0 saturated carbocycles. The zero-order chi connectivity index (χ0) is 12.4. The van der Waals surface area contributed by atoms with E-state index in [2.05, 4.69) is 30.1 Å². The van der Waals surface area contributed by atoms with Gasteiger partial charge in [-0.2, -0.15) is 0 Å². The van der Waals surface area contributed by atoms with Crippen molar-refractivity contribution in [1.82, 2.24) is 5.32 Å². The first kappa shape index (κ1) is 14.9. The van der Waals surface area contributed by atoms with Crippen LogP contribution in [-0.2, 0) is 11.2 Å². The summed E-state index contributed by atoms with van der Waals surface area (Å²) in [5.74, 6) is 0. The third-order valence-electron chi connectivity index (χ3n) is 2.08. The maximum atomic E-state index is 8.58. The quantitative estimate of drug-likeness (QED) is 0.626. The monoisotopic (exact) mass is 242 g/mol. The highest BCUT2D eigenvalue weighted by Crippen LogP contribution is 2.18. The molecule has 90 valence electrons. The normalized spacial score (nSPS) is 9.19. The highest BCUT2D eigenvalue weighted by atomic mass is 35.5. The van der Waals surface area contributed by atoms with E-state index in [9.17, 15) is 0 Å². The van der Waals surface area contributed by atoms with Crippen LogP contribution in [0, 0.1) is 6.92 Å². The Morgan fingerprint density at radius 2 is 2.12 bits per heavy atom. The lowest BCUT2D eigenvalue weighted by atomic mass is 10.1. The lowest BCUT2D eigenvalue weighted by Crippen LogP contribution is -2.08. The number of carbonyl (C=O) groups excluding carboxylic acids is 1. The van der Waals surface area contributed by atoms with Gasteiger partial charge < -0.3 is 11.1 Å². The van der Waals surface area contributed by atoms with Crippen molar-refractivity contribution < 1.29 is 4.79 Å². The molecule has 0 aliphatic rings. The summed E-state index contributed by atoms with van der Waals surface area (Å²) in [6.07, 6.45) is 2.44. The predicted molar refractivity (Wildman–Crippen MR) is 68.7 cm³/mol. The first-order valence-electron chi connectivity index (χ1n) is 5.20. The van der Waals surface area contributed by atoms with E-state index in [-0.39, 0.29) is 6.41 Å². The molecule has 0 atom stereocenters. The summed E-state index contributed by atoms with van der Waals surface area (Å²) >= 11 is 6.09. The maximum absolute atomic E-state index is 8.58. The van der Waals surface area contributed by atoms with Gasteiger partial charge in [-0.3, -0.25) is 4.79 Å². The summed E-state index contributed by atoms with van der Waals surface area (Å²) < 4.78 is 0. The minimum Gasteiger partial charge on any atom is -0.372 e. The van der Waals surface area contributed by atoms with Crippen molar-refractivity contribution in [3.8, 4) is 0 Å². The molecule has 0 aromatic heterocycles. The number of halogens is 1. The van der Waals surface area contributed by atoms with Crippen molar-refractivity contribution in [3.63, 3.8) is 0 Å². The van der Waals surface area contributed by atoms with Crippen LogP contribution in [0.25, 0.3) is 0 Å². The smallest absolute Gasteiger partial charge is 0.204 e. The van der Waals surface area contributed by atoms with E-state index < -0.39 is 0 Å². The number of amides is 1. The summed E-state index contributed by atoms with van der Waals surface area (Å²) in [6, 6.07) is 6.25. The summed E-state index contributed by atoms with van der Waals surface area (Å²) in [6.45, 7) is 3.10. The van der Waals surface area contributed by atoms with E-state index in [0.29, 0.717) is 0 Å². The molecular formula is C12H19ClN2O. The Labute approximate surface area is 102 Å². The number of hydrogen-bond donors (Lipinski definition) is 2. The van der Waals surface area contributed by atoms with Crippen molar-refractivity contribution in [2.45, 2.75) is 19.8 Å². The van der Waals surface area contributed by atoms with Gasteiger partial charge in [0, 0.05) is 5.02 Å². The molecule has 0 radical (unpaired) electrons. The minimum atomic E-state index is 0.250. The molecular weight excluding hydrogens is 224 g/mol. The van der Waals surface area contributed by atoms with Crippen LogP contribution >= 0.6 is 11.6 Å². The Balaban J connectivity index is 0.000000673. The Morgan fingerprint density at radius 3 is 2.62 bits per heavy atom. The molecule has 0 aliphatic heterocycles. The number of hydrogen-bond acceptors (Lipinski definition) is 2. The van der Waals surface area contributed by atoms with Crippen molar-refractivity contribution in [3.05, 3.63) is 34.3 Å². The van der Waals surface area contributed by atoms with Gasteiger partial charge in [0.15, 0.2) is 0 Å². The van der Waals surface area contributed by atoms with Gasteiger partial charge in [0.25, 0.3) is 0 Å². The van der Waals surface area contributed by atoms with E-state index >= 15 is 0 Å². The van der Waals surface area contributed by atoms with Gasteiger partial charge in [0.2, 0.25) is 6.41 Å². The molecule has 3 N–H and O–H groups in total. The van der Waals surface area contributed by atoms with Crippen molar-refractivity contribution >= 4 is 18.0 Å². The van der Waals surface area contributed by atoms with Crippen LogP contribution in [-0.4, -0.2) is 20.0 Å². The van der Waals surface area contributed by atoms with Crippen molar-refractivity contribution in [2.75, 3.05) is 13.6 Å². The minimum absolute atomic E-state index is 0.250. The summed E-state index contributed by atoms with van der Waals surface area (Å²) in [4.78, 5) is 8.58. The van der Waals surface area contributed by atoms with Gasteiger partial charge in [-0.25, -0.2) is 0 Å². The Bertz CT molecular complexity index is 316. The van der Waals surface area contributed by atoms with Gasteiger partial charge >= 0.3 is 0 Å². The molecule has 16 heavy (non-hydrogen) atoms. The van der Waals surface area contributed by atoms with Crippen LogP contribution in [0.5, 0.6) is 0 Å². The molecule has 1 amide bonds. The lowest BCUT2D eigenvalue weighted by Gasteiger charge is -2.04. The molecule has 0 heterocycles. The number of nitrogens with one attached hydrogen (secondary N) is 1. The van der Waals surface area contributed by atoms with E-state index in [1.54, 1.807) is 0 Å². The second-order valence-corrected chi connectivity index (χ2v) is 3.85. The molecule has 3 nitrogen and oxygen atoms in total. The molecule has 0 bridgehead atoms. The van der Waals surface area contributed by atoms with E-state index in [1.165, 1.54) is 11.1 Å². The van der Waals surface area contributed by atoms with Crippen LogP contribution in [0.2, 0.25) is 5.02 Å². The fourth-order valence-corrected chi connectivity index (χ4v) is 1.64. The standard InChI is InChI=1S/C11H16ClN.CH3NO/c1-9-5-6-10(11(12)8-9)4-3-7-13-2;2-1-3/h5-6,8,13H,3-4,7H2,1-2H3;1H,(H2,2,3). The van der Waals surface area contributed by atoms with E-state index in [0.717, 1.165) is 24.4 Å². The first-order chi connectivity index (χ1) is 7.65. The molecule has 1 aromatic carbocycles. The third-order valence-corrected chi connectivity index (χ3v) is 2.43. The second-order valence-electron chi connectivity index (χ2n) is 3.44. The van der Waals surface area contributed by atoms with E-state index in [1.807, 2.05) is 13.1 Å². The largest absolute Gasteiger partial charge is 0.372 e. The first-order valence-corrected chi connectivity index (χ1v) is 5.58. The topological polar surface area (TPSA) is 55.1 Å². The number of benzene rings is 1. The van der Waals surface area contributed by atoms with Crippen molar-refractivity contribution in [2.24, 2.45) is 5.73 Å². The number of carbonyl (C=O) groups is 1. The van der Waals surface area contributed by atoms with Crippen LogP contribution in [0.1, 0.15) is 17.5 Å². The Kier molecular flexibility index (Phi) is 8.58. The maximum Gasteiger partial charge on any atom is 0.204 e. The summed E-state index contributed by atoms with van der Waals surface area (Å²) in [7, 11) is 1.97. The number of aryl methyl sites for hydroxylation is 2. The highest BCUT2D eigenvalue weighted by molar-refractivity contribution is 6.31. The van der Waals surface area contributed by atoms with Crippen LogP contribution in [0.4, 0.5) is 0 Å². The van der Waals surface area contributed by atoms with Crippen LogP contribution < -0.4 is 11.1 Å². The average molecular weight is 243 g/mol. The molecule has 0 aliphatic carbocycles. The molecule has 0 saturated heterocycles. The van der Waals surface area contributed by atoms with Crippen LogP contribution in [0.15, 0.2) is 18.2 Å². The lowest BCUT2D eigenvalue weighted by molar-refractivity contribution is -0.106. The number of nitrogens with two attached hydrogens (primary N) is 1. The molecule has 0 spiro atoms. The van der Waals surface area contributed by atoms with Gasteiger partial charge in [0.1, 0.15) is 0 Å². The zero-order valence-electron chi connectivity index (χ0n) is 9.79. The molecule has 1 rings (SSSR count). The van der Waals surface area contributed by atoms with Gasteiger partial charge in [-0.05, 0) is 50.6 Å². The van der Waals surface area contributed by atoms with Gasteiger partial charge in [-0.15, -0.1) is 0 Å². The summed E-state index contributed by atoms with van der Waals surface area (Å²) in [5, 5.41) is 4.02. The molecule has 1 aromatic rings. The fourth-order valence-electron chi connectivity index (χ4n) is 1.31. The average Bonchev–Trinajstić information content (AvgIpc) is 2.23. The van der Waals surface area contributed by atoms with Gasteiger partial charge in [0.05, 0.1) is 0 Å².